The first-order valence-electron chi connectivity index (χ1n) is 6.25. The van der Waals surface area contributed by atoms with Crippen LogP contribution in [0, 0.1) is 0 Å². The summed E-state index contributed by atoms with van der Waals surface area (Å²) in [4.78, 5) is 14.2. The Balaban J connectivity index is 1.94. The van der Waals surface area contributed by atoms with Crippen molar-refractivity contribution >= 4 is 16.9 Å². The smallest absolute Gasteiger partial charge is 0.339 e. The highest BCUT2D eigenvalue weighted by Crippen LogP contribution is 2.22. The molecule has 0 atom stereocenters. The molecule has 0 aliphatic carbocycles. The van der Waals surface area contributed by atoms with Crippen molar-refractivity contribution in [1.82, 2.24) is 4.98 Å². The Morgan fingerprint density at radius 3 is 2.60 bits per heavy atom. The lowest BCUT2D eigenvalue weighted by Crippen LogP contribution is -1.98. The number of aromatic amines is 1. The summed E-state index contributed by atoms with van der Waals surface area (Å²) < 4.78 is 0. The summed E-state index contributed by atoms with van der Waals surface area (Å²) in [7, 11) is 0. The van der Waals surface area contributed by atoms with Crippen LogP contribution in [-0.2, 0) is 6.42 Å². The Bertz CT molecular complexity index is 789. The number of carbonyl (C=O) groups is 1. The second-order valence-corrected chi connectivity index (χ2v) is 4.73. The van der Waals surface area contributed by atoms with E-state index in [1.807, 2.05) is 30.5 Å². The lowest BCUT2D eigenvalue weighted by molar-refractivity contribution is 0.0693. The molecule has 0 amide bonds. The van der Waals surface area contributed by atoms with Crippen LogP contribution in [0.4, 0.5) is 0 Å². The molecule has 0 aliphatic rings. The average molecular weight is 267 g/mol. The number of nitrogens with one attached hydrogen (secondary N) is 1. The molecule has 3 N–H and O–H groups in total. The number of aromatic carboxylic acids is 1. The van der Waals surface area contributed by atoms with Crippen molar-refractivity contribution in [3.63, 3.8) is 0 Å². The molecule has 0 saturated heterocycles. The Kier molecular flexibility index (Phi) is 2.91. The molecular formula is C16H13NO3. The van der Waals surface area contributed by atoms with E-state index in [4.69, 9.17) is 5.11 Å². The molecule has 0 unspecified atom stereocenters. The van der Waals surface area contributed by atoms with Gasteiger partial charge in [-0.2, -0.15) is 0 Å². The van der Waals surface area contributed by atoms with Crippen molar-refractivity contribution in [3.05, 3.63) is 65.4 Å². The number of phenols is 1. The van der Waals surface area contributed by atoms with Gasteiger partial charge in [0.15, 0.2) is 0 Å². The molecular weight excluding hydrogens is 254 g/mol. The van der Waals surface area contributed by atoms with E-state index in [9.17, 15) is 9.90 Å². The Hall–Kier alpha value is -2.75. The van der Waals surface area contributed by atoms with Crippen LogP contribution in [0.1, 0.15) is 21.5 Å². The van der Waals surface area contributed by atoms with Crippen LogP contribution in [-0.4, -0.2) is 21.2 Å². The molecule has 3 aromatic rings. The number of carboxylic acids is 1. The highest BCUT2D eigenvalue weighted by atomic mass is 16.4. The fraction of sp³-hybridized carbons (Fsp3) is 0.0625. The molecule has 1 heterocycles. The zero-order chi connectivity index (χ0) is 14.1. The summed E-state index contributed by atoms with van der Waals surface area (Å²) in [6, 6.07) is 12.8. The van der Waals surface area contributed by atoms with Crippen molar-refractivity contribution in [2.75, 3.05) is 0 Å². The van der Waals surface area contributed by atoms with Crippen LogP contribution >= 0.6 is 0 Å². The SMILES string of the molecule is O=C(O)c1cc(Cc2ccc3cc[nH]c3c2)ccc1O. The summed E-state index contributed by atoms with van der Waals surface area (Å²) in [5, 5.41) is 19.6. The van der Waals surface area contributed by atoms with E-state index in [1.54, 1.807) is 6.07 Å². The van der Waals surface area contributed by atoms with Crippen molar-refractivity contribution in [2.45, 2.75) is 6.42 Å². The van der Waals surface area contributed by atoms with Gasteiger partial charge in [0.25, 0.3) is 0 Å². The fourth-order valence-corrected chi connectivity index (χ4v) is 2.31. The van der Waals surface area contributed by atoms with Crippen molar-refractivity contribution in [1.29, 1.82) is 0 Å². The normalized spacial score (nSPS) is 10.8. The predicted octanol–water partition coefficient (Wildman–Crippen LogP) is 3.16. The minimum atomic E-state index is -1.12. The highest BCUT2D eigenvalue weighted by Gasteiger charge is 2.10. The fourth-order valence-electron chi connectivity index (χ4n) is 2.31. The second kappa shape index (κ2) is 4.74. The first kappa shape index (κ1) is 12.3. The van der Waals surface area contributed by atoms with Crippen LogP contribution in [0.2, 0.25) is 0 Å². The van der Waals surface area contributed by atoms with Crippen molar-refractivity contribution in [2.24, 2.45) is 0 Å². The van der Waals surface area contributed by atoms with Crippen LogP contribution in [0.25, 0.3) is 10.9 Å². The summed E-state index contributed by atoms with van der Waals surface area (Å²) in [5.74, 6) is -1.33. The quantitative estimate of drug-likeness (QED) is 0.682. The second-order valence-electron chi connectivity index (χ2n) is 4.73. The molecule has 20 heavy (non-hydrogen) atoms. The minimum absolute atomic E-state index is 0.0662. The summed E-state index contributed by atoms with van der Waals surface area (Å²) in [6.45, 7) is 0. The van der Waals surface area contributed by atoms with Gasteiger partial charge in [-0.1, -0.05) is 18.2 Å². The number of rotatable bonds is 3. The van der Waals surface area contributed by atoms with Crippen LogP contribution in [0.15, 0.2) is 48.7 Å². The predicted molar refractivity (Wildman–Crippen MR) is 76.2 cm³/mol. The topological polar surface area (TPSA) is 73.3 Å². The number of hydrogen-bond donors (Lipinski definition) is 3. The van der Waals surface area contributed by atoms with E-state index >= 15 is 0 Å². The zero-order valence-electron chi connectivity index (χ0n) is 10.6. The third-order valence-corrected chi connectivity index (χ3v) is 3.32. The van der Waals surface area contributed by atoms with Crippen LogP contribution in [0.3, 0.4) is 0 Å². The monoisotopic (exact) mass is 267 g/mol. The number of fused-ring (bicyclic) bond motifs is 1. The largest absolute Gasteiger partial charge is 0.507 e. The maximum absolute atomic E-state index is 11.0. The third-order valence-electron chi connectivity index (χ3n) is 3.32. The Morgan fingerprint density at radius 1 is 1.05 bits per heavy atom. The molecule has 0 aliphatic heterocycles. The number of benzene rings is 2. The van der Waals surface area contributed by atoms with Gasteiger partial charge in [0.05, 0.1) is 0 Å². The van der Waals surface area contributed by atoms with Gasteiger partial charge in [0.1, 0.15) is 11.3 Å². The van der Waals surface area contributed by atoms with E-state index < -0.39 is 5.97 Å². The molecule has 4 nitrogen and oxygen atoms in total. The Labute approximate surface area is 115 Å². The average Bonchev–Trinajstić information content (AvgIpc) is 2.88. The number of aromatic nitrogens is 1. The van der Waals surface area contributed by atoms with Gasteiger partial charge in [0.2, 0.25) is 0 Å². The minimum Gasteiger partial charge on any atom is -0.507 e. The molecule has 2 aromatic carbocycles. The van der Waals surface area contributed by atoms with Crippen molar-refractivity contribution < 1.29 is 15.0 Å². The van der Waals surface area contributed by atoms with Gasteiger partial charge in [-0.3, -0.25) is 0 Å². The molecule has 3 rings (SSSR count). The highest BCUT2D eigenvalue weighted by molar-refractivity contribution is 5.91. The van der Waals surface area contributed by atoms with E-state index in [0.717, 1.165) is 22.0 Å². The van der Waals surface area contributed by atoms with E-state index in [1.165, 1.54) is 12.1 Å². The van der Waals surface area contributed by atoms with Gasteiger partial charge in [-0.15, -0.1) is 0 Å². The van der Waals surface area contributed by atoms with Crippen LogP contribution < -0.4 is 0 Å². The van der Waals surface area contributed by atoms with Gasteiger partial charge in [0, 0.05) is 11.7 Å². The molecule has 0 bridgehead atoms. The molecule has 1 aromatic heterocycles. The number of aromatic hydroxyl groups is 1. The third kappa shape index (κ3) is 2.23. The van der Waals surface area contributed by atoms with Gasteiger partial charge in [-0.05, 0) is 47.2 Å². The standard InChI is InChI=1S/C16H13NO3/c18-15-4-2-10(8-13(15)16(19)20)7-11-1-3-12-5-6-17-14(12)9-11/h1-6,8-9,17-18H,7H2,(H,19,20). The molecule has 0 radical (unpaired) electrons. The van der Waals surface area contributed by atoms with E-state index in [0.29, 0.717) is 6.42 Å². The number of H-pyrrole nitrogens is 1. The van der Waals surface area contributed by atoms with Gasteiger partial charge < -0.3 is 15.2 Å². The lowest BCUT2D eigenvalue weighted by atomic mass is 10.0. The molecule has 100 valence electrons. The Morgan fingerprint density at radius 2 is 1.80 bits per heavy atom. The number of carboxylic acid groups (broad SMARTS) is 1. The summed E-state index contributed by atoms with van der Waals surface area (Å²) >= 11 is 0. The molecule has 4 heteroatoms. The van der Waals surface area contributed by atoms with Gasteiger partial charge in [-0.25, -0.2) is 4.79 Å². The zero-order valence-corrected chi connectivity index (χ0v) is 10.6. The lowest BCUT2D eigenvalue weighted by Gasteiger charge is -2.05. The van der Waals surface area contributed by atoms with E-state index in [2.05, 4.69) is 4.98 Å². The van der Waals surface area contributed by atoms with E-state index in [-0.39, 0.29) is 11.3 Å². The first-order chi connectivity index (χ1) is 9.63. The van der Waals surface area contributed by atoms with Crippen molar-refractivity contribution in [3.8, 4) is 5.75 Å². The summed E-state index contributed by atoms with van der Waals surface area (Å²) in [5.41, 5.74) is 2.93. The molecule has 0 fully saturated rings. The molecule has 0 spiro atoms. The van der Waals surface area contributed by atoms with Gasteiger partial charge >= 0.3 is 5.97 Å². The first-order valence-corrected chi connectivity index (χ1v) is 6.25. The van der Waals surface area contributed by atoms with Crippen LogP contribution in [0.5, 0.6) is 5.75 Å². The maximum atomic E-state index is 11.0. The maximum Gasteiger partial charge on any atom is 0.339 e. The molecule has 0 saturated carbocycles. The summed E-state index contributed by atoms with van der Waals surface area (Å²) in [6.07, 6.45) is 2.51. The number of hydrogen-bond acceptors (Lipinski definition) is 2.